The zero-order valence-electron chi connectivity index (χ0n) is 23.2. The highest BCUT2D eigenvalue weighted by Gasteiger charge is 2.24. The first-order chi connectivity index (χ1) is 20.8. The number of aromatic nitrogens is 1. The van der Waals surface area contributed by atoms with Crippen LogP contribution in [0.5, 0.6) is 17.2 Å². The number of para-hydroxylation sites is 1. The average Bonchev–Trinajstić information content (AvgIpc) is 3.00. The van der Waals surface area contributed by atoms with Gasteiger partial charge in [-0.1, -0.05) is 35.9 Å². The largest absolute Gasteiger partial charge is 0.490 e. The van der Waals surface area contributed by atoms with E-state index in [4.69, 9.17) is 21.1 Å². The minimum Gasteiger partial charge on any atom is -0.490 e. The highest BCUT2D eigenvalue weighted by atomic mass is 35.5. The molecule has 3 aromatic carbocycles. The molecule has 5 rings (SSSR count). The summed E-state index contributed by atoms with van der Waals surface area (Å²) in [6.45, 7) is 0. The maximum absolute atomic E-state index is 12.5. The Bertz CT molecular complexity index is 1570. The molecule has 43 heavy (non-hydrogen) atoms. The topological polar surface area (TPSA) is 127 Å². The van der Waals surface area contributed by atoms with E-state index in [1.54, 1.807) is 54.6 Å². The van der Waals surface area contributed by atoms with E-state index < -0.39 is 5.97 Å². The maximum Gasteiger partial charge on any atom is 0.337 e. The summed E-state index contributed by atoms with van der Waals surface area (Å²) < 4.78 is 12.1. The fourth-order valence-corrected chi connectivity index (χ4v) is 4.96. The van der Waals surface area contributed by atoms with Crippen molar-refractivity contribution in [3.05, 3.63) is 113 Å². The van der Waals surface area contributed by atoms with Crippen LogP contribution in [-0.2, 0) is 11.2 Å². The predicted octanol–water partition coefficient (Wildman–Crippen LogP) is 6.53. The number of anilines is 1. The van der Waals surface area contributed by atoms with Crippen molar-refractivity contribution >= 4 is 35.1 Å². The van der Waals surface area contributed by atoms with Gasteiger partial charge in [-0.15, -0.1) is 0 Å². The van der Waals surface area contributed by atoms with Crippen LogP contribution in [-0.4, -0.2) is 40.0 Å². The number of carbonyl (C=O) groups is 3. The van der Waals surface area contributed by atoms with E-state index in [1.807, 2.05) is 24.3 Å². The van der Waals surface area contributed by atoms with Crippen molar-refractivity contribution in [2.45, 2.75) is 44.2 Å². The normalized spacial score (nSPS) is 16.1. The number of nitrogens with zero attached hydrogens (tertiary/aromatic N) is 1. The SMILES string of the molecule is O=C(Cc1ccc(Oc2ccc(OC3CCC(NC(=O)c4ccc(Cl)nc4)CC3)cc2)cc1)Nc1ccccc1C(=O)O. The van der Waals surface area contributed by atoms with Crippen molar-refractivity contribution in [3.63, 3.8) is 0 Å². The third kappa shape index (κ3) is 8.33. The first-order valence-corrected chi connectivity index (χ1v) is 14.3. The Morgan fingerprint density at radius 2 is 1.49 bits per heavy atom. The number of amides is 2. The molecule has 2 amide bonds. The second kappa shape index (κ2) is 13.8. The monoisotopic (exact) mass is 599 g/mol. The molecule has 0 atom stereocenters. The molecule has 1 fully saturated rings. The lowest BCUT2D eigenvalue weighted by atomic mass is 9.92. The van der Waals surface area contributed by atoms with E-state index in [9.17, 15) is 19.5 Å². The number of hydrogen-bond donors (Lipinski definition) is 3. The Kier molecular flexibility index (Phi) is 9.53. The summed E-state index contributed by atoms with van der Waals surface area (Å²) in [6.07, 6.45) is 4.95. The lowest BCUT2D eigenvalue weighted by Gasteiger charge is -2.29. The quantitative estimate of drug-likeness (QED) is 0.177. The molecule has 0 spiro atoms. The van der Waals surface area contributed by atoms with Gasteiger partial charge in [0, 0.05) is 12.2 Å². The molecule has 0 saturated heterocycles. The Labute approximate surface area is 253 Å². The number of aromatic carboxylic acids is 1. The van der Waals surface area contributed by atoms with Gasteiger partial charge in [0.25, 0.3) is 5.91 Å². The summed E-state index contributed by atoms with van der Waals surface area (Å²) in [5, 5.41) is 15.4. The first kappa shape index (κ1) is 29.6. The van der Waals surface area contributed by atoms with Crippen molar-refractivity contribution in [1.29, 1.82) is 0 Å². The number of carboxylic acid groups (broad SMARTS) is 1. The second-order valence-corrected chi connectivity index (χ2v) is 10.6. The van der Waals surface area contributed by atoms with E-state index in [-0.39, 0.29) is 41.6 Å². The van der Waals surface area contributed by atoms with Gasteiger partial charge in [-0.25, -0.2) is 9.78 Å². The van der Waals surface area contributed by atoms with Gasteiger partial charge in [-0.2, -0.15) is 0 Å². The number of nitrogens with one attached hydrogen (secondary N) is 2. The number of ether oxygens (including phenoxy) is 2. The number of carboxylic acids is 1. The summed E-state index contributed by atoms with van der Waals surface area (Å²) >= 11 is 5.80. The highest BCUT2D eigenvalue weighted by Crippen LogP contribution is 2.28. The Balaban J connectivity index is 1.06. The maximum atomic E-state index is 12.5. The van der Waals surface area contributed by atoms with Crippen LogP contribution >= 0.6 is 11.6 Å². The minimum atomic E-state index is -1.10. The van der Waals surface area contributed by atoms with Crippen LogP contribution < -0.4 is 20.1 Å². The lowest BCUT2D eigenvalue weighted by molar-refractivity contribution is -0.115. The molecule has 1 heterocycles. The van der Waals surface area contributed by atoms with Crippen LogP contribution in [0.4, 0.5) is 5.69 Å². The third-order valence-electron chi connectivity index (χ3n) is 7.08. The summed E-state index contributed by atoms with van der Waals surface area (Å²) in [6, 6.07) is 24.2. The van der Waals surface area contributed by atoms with Crippen molar-refractivity contribution in [2.24, 2.45) is 0 Å². The summed E-state index contributed by atoms with van der Waals surface area (Å²) in [5.74, 6) is 0.443. The molecule has 0 radical (unpaired) electrons. The molecule has 0 unspecified atom stereocenters. The van der Waals surface area contributed by atoms with Crippen molar-refractivity contribution in [1.82, 2.24) is 10.3 Å². The third-order valence-corrected chi connectivity index (χ3v) is 7.30. The summed E-state index contributed by atoms with van der Waals surface area (Å²) in [7, 11) is 0. The molecular weight excluding hydrogens is 570 g/mol. The molecule has 0 aliphatic heterocycles. The standard InChI is InChI=1S/C33H30ClN3O6/c34-30-18-7-22(20-35-30)32(39)36-23-8-12-25(13-9-23)43-27-16-14-26(15-17-27)42-24-10-5-21(6-11-24)19-31(38)37-29-4-2-1-3-28(29)33(40)41/h1-7,10-11,14-18,20,23,25H,8-9,12-13,19H2,(H,36,39)(H,37,38)(H,40,41). The highest BCUT2D eigenvalue weighted by molar-refractivity contribution is 6.29. The molecule has 1 aliphatic carbocycles. The molecule has 220 valence electrons. The number of pyridine rings is 1. The Morgan fingerprint density at radius 1 is 0.837 bits per heavy atom. The van der Waals surface area contributed by atoms with Gasteiger partial charge in [0.15, 0.2) is 0 Å². The summed E-state index contributed by atoms with van der Waals surface area (Å²) in [4.78, 5) is 40.2. The zero-order chi connectivity index (χ0) is 30.2. The number of benzene rings is 3. The fourth-order valence-electron chi connectivity index (χ4n) is 4.85. The van der Waals surface area contributed by atoms with Crippen LogP contribution in [0, 0.1) is 0 Å². The molecule has 1 aromatic heterocycles. The van der Waals surface area contributed by atoms with E-state index in [0.29, 0.717) is 22.2 Å². The molecule has 3 N–H and O–H groups in total. The van der Waals surface area contributed by atoms with E-state index in [2.05, 4.69) is 15.6 Å². The minimum absolute atomic E-state index is 0.0395. The lowest BCUT2D eigenvalue weighted by Crippen LogP contribution is -2.39. The number of halogens is 1. The van der Waals surface area contributed by atoms with E-state index >= 15 is 0 Å². The smallest absolute Gasteiger partial charge is 0.337 e. The molecule has 1 saturated carbocycles. The molecule has 9 nitrogen and oxygen atoms in total. The van der Waals surface area contributed by atoms with Gasteiger partial charge in [-0.3, -0.25) is 9.59 Å². The summed E-state index contributed by atoms with van der Waals surface area (Å²) in [5.41, 5.74) is 1.55. The van der Waals surface area contributed by atoms with Gasteiger partial charge in [0.2, 0.25) is 5.91 Å². The van der Waals surface area contributed by atoms with Gasteiger partial charge < -0.3 is 25.2 Å². The second-order valence-electron chi connectivity index (χ2n) is 10.2. The van der Waals surface area contributed by atoms with Crippen LogP contribution in [0.1, 0.15) is 52.0 Å². The van der Waals surface area contributed by atoms with Crippen LogP contribution in [0.3, 0.4) is 0 Å². The molecule has 10 heteroatoms. The van der Waals surface area contributed by atoms with Crippen LogP contribution in [0.15, 0.2) is 91.1 Å². The first-order valence-electron chi connectivity index (χ1n) is 13.9. The van der Waals surface area contributed by atoms with Gasteiger partial charge in [-0.05, 0) is 91.9 Å². The molecular formula is C33H30ClN3O6. The van der Waals surface area contributed by atoms with Crippen LogP contribution in [0.2, 0.25) is 5.15 Å². The predicted molar refractivity (Wildman–Crippen MR) is 162 cm³/mol. The number of hydrogen-bond acceptors (Lipinski definition) is 6. The van der Waals surface area contributed by atoms with Gasteiger partial charge in [0.1, 0.15) is 22.4 Å². The van der Waals surface area contributed by atoms with Crippen LogP contribution in [0.25, 0.3) is 0 Å². The van der Waals surface area contributed by atoms with Crippen molar-refractivity contribution in [3.8, 4) is 17.2 Å². The zero-order valence-corrected chi connectivity index (χ0v) is 23.9. The number of rotatable bonds is 10. The van der Waals surface area contributed by atoms with Crippen molar-refractivity contribution < 1.29 is 29.0 Å². The van der Waals surface area contributed by atoms with E-state index in [1.165, 1.54) is 12.3 Å². The van der Waals surface area contributed by atoms with Gasteiger partial charge >= 0.3 is 5.97 Å². The fraction of sp³-hybridized carbons (Fsp3) is 0.212. The number of carbonyl (C=O) groups excluding carboxylic acids is 2. The Morgan fingerprint density at radius 3 is 2.14 bits per heavy atom. The molecule has 0 bridgehead atoms. The Hall–Kier alpha value is -4.89. The van der Waals surface area contributed by atoms with Crippen molar-refractivity contribution in [2.75, 3.05) is 5.32 Å². The van der Waals surface area contributed by atoms with E-state index in [0.717, 1.165) is 37.0 Å². The molecule has 4 aromatic rings. The molecule has 1 aliphatic rings. The average molecular weight is 600 g/mol. The van der Waals surface area contributed by atoms with Gasteiger partial charge in [0.05, 0.1) is 29.3 Å².